The maximum atomic E-state index is 12.4. The summed E-state index contributed by atoms with van der Waals surface area (Å²) >= 11 is 0. The van der Waals surface area contributed by atoms with Gasteiger partial charge in [-0.3, -0.25) is 5.10 Å². The second-order valence-electron chi connectivity index (χ2n) is 8.71. The van der Waals surface area contributed by atoms with E-state index in [0.717, 1.165) is 58.6 Å². The van der Waals surface area contributed by atoms with Gasteiger partial charge in [-0.05, 0) is 43.0 Å². The molecule has 5 rings (SSSR count). The van der Waals surface area contributed by atoms with Crippen LogP contribution in [-0.2, 0) is 16.3 Å². The van der Waals surface area contributed by atoms with Crippen molar-refractivity contribution in [3.63, 3.8) is 0 Å². The number of aromatic amines is 1. The molecule has 0 amide bonds. The molecular formula is C22H27N5O2S. The van der Waals surface area contributed by atoms with Crippen LogP contribution in [0.4, 0.5) is 11.5 Å². The number of fused-ring (bicyclic) bond motifs is 1. The number of aromatic nitrogens is 3. The van der Waals surface area contributed by atoms with Gasteiger partial charge in [0.15, 0.2) is 11.7 Å². The third kappa shape index (κ3) is 3.53. The number of nitrogens with zero attached hydrogens (tertiary/aromatic N) is 3. The van der Waals surface area contributed by atoms with Crippen LogP contribution < -0.4 is 5.32 Å². The topological polar surface area (TPSA) is 96.2 Å². The normalized spacial score (nSPS) is 25.5. The van der Waals surface area contributed by atoms with Crippen molar-refractivity contribution in [3.05, 3.63) is 53.4 Å². The van der Waals surface area contributed by atoms with Crippen molar-refractivity contribution in [2.75, 3.05) is 11.6 Å². The first-order chi connectivity index (χ1) is 14.4. The minimum Gasteiger partial charge on any atom is -0.445 e. The molecule has 2 aliphatic rings. The van der Waals surface area contributed by atoms with Gasteiger partial charge in [-0.2, -0.15) is 5.10 Å². The molecule has 0 spiro atoms. The molecule has 1 aliphatic heterocycles. The van der Waals surface area contributed by atoms with E-state index in [1.54, 1.807) is 6.26 Å². The van der Waals surface area contributed by atoms with Gasteiger partial charge in [0.25, 0.3) is 0 Å². The van der Waals surface area contributed by atoms with Crippen LogP contribution in [0, 0.1) is 0 Å². The van der Waals surface area contributed by atoms with Crippen molar-refractivity contribution < 1.29 is 8.63 Å². The molecule has 3 unspecified atom stereocenters. The average molecular weight is 426 g/mol. The monoisotopic (exact) mass is 425 g/mol. The Hall–Kier alpha value is -2.61. The van der Waals surface area contributed by atoms with Gasteiger partial charge >= 0.3 is 0 Å². The van der Waals surface area contributed by atoms with E-state index in [-0.39, 0.29) is 0 Å². The fraction of sp³-hybridized carbons (Fsp3) is 0.455. The van der Waals surface area contributed by atoms with E-state index in [9.17, 15) is 4.21 Å². The Morgan fingerprint density at radius 2 is 2.07 bits per heavy atom. The number of hydrogen-bond donors (Lipinski definition) is 2. The largest absolute Gasteiger partial charge is 0.445 e. The smallest absolute Gasteiger partial charge is 0.197 e. The standard InChI is InChI=1S/C22H27N5O2S/c1-13(2)19-12-23-22(29-19)15-5-4-14(8-15)18-10-21(27-26-18)25-17-6-7-20-16(9-17)11-24-30(20,3)28/h6-7,9-10,12-15H,4-5,8,11H2,1-3H3,(H2,25,26,27). The van der Waals surface area contributed by atoms with Gasteiger partial charge in [0.05, 0.1) is 27.4 Å². The van der Waals surface area contributed by atoms with Crippen LogP contribution in [0.25, 0.3) is 0 Å². The highest BCUT2D eigenvalue weighted by Gasteiger charge is 2.31. The fourth-order valence-electron chi connectivity index (χ4n) is 4.41. The summed E-state index contributed by atoms with van der Waals surface area (Å²) in [5.74, 6) is 3.78. The van der Waals surface area contributed by atoms with Crippen LogP contribution in [0.1, 0.15) is 73.8 Å². The minimum absolute atomic E-state index is 0.362. The summed E-state index contributed by atoms with van der Waals surface area (Å²) in [7, 11) is -2.22. The number of oxazole rings is 1. The molecule has 1 saturated carbocycles. The second-order valence-corrected chi connectivity index (χ2v) is 11.0. The first kappa shape index (κ1) is 19.4. The van der Waals surface area contributed by atoms with E-state index in [0.29, 0.717) is 24.3 Å². The molecule has 3 aromatic rings. The lowest BCUT2D eigenvalue weighted by Gasteiger charge is -2.07. The van der Waals surface area contributed by atoms with E-state index >= 15 is 0 Å². The molecule has 30 heavy (non-hydrogen) atoms. The number of rotatable bonds is 5. The fourth-order valence-corrected chi connectivity index (χ4v) is 5.87. The minimum atomic E-state index is -2.22. The van der Waals surface area contributed by atoms with Gasteiger partial charge in [-0.1, -0.05) is 13.8 Å². The maximum absolute atomic E-state index is 12.4. The zero-order valence-corrected chi connectivity index (χ0v) is 18.3. The van der Waals surface area contributed by atoms with Crippen LogP contribution in [0.15, 0.2) is 44.1 Å². The molecule has 0 radical (unpaired) electrons. The van der Waals surface area contributed by atoms with Crippen molar-refractivity contribution >= 4 is 21.2 Å². The third-order valence-electron chi connectivity index (χ3n) is 6.15. The van der Waals surface area contributed by atoms with Crippen LogP contribution >= 0.6 is 0 Å². The maximum Gasteiger partial charge on any atom is 0.197 e. The zero-order chi connectivity index (χ0) is 20.9. The highest BCUT2D eigenvalue weighted by molar-refractivity contribution is 7.93. The Morgan fingerprint density at radius 1 is 1.23 bits per heavy atom. The van der Waals surface area contributed by atoms with Gasteiger partial charge < -0.3 is 9.73 Å². The summed E-state index contributed by atoms with van der Waals surface area (Å²) in [6.45, 7) is 4.75. The van der Waals surface area contributed by atoms with Crippen molar-refractivity contribution in [2.45, 2.75) is 62.3 Å². The summed E-state index contributed by atoms with van der Waals surface area (Å²) in [5.41, 5.74) is 3.10. The molecule has 158 valence electrons. The molecule has 0 saturated heterocycles. The van der Waals surface area contributed by atoms with Crippen molar-refractivity contribution in [2.24, 2.45) is 4.36 Å². The Morgan fingerprint density at radius 3 is 2.87 bits per heavy atom. The quantitative estimate of drug-likeness (QED) is 0.579. The first-order valence-corrected chi connectivity index (χ1v) is 12.4. The van der Waals surface area contributed by atoms with Gasteiger partial charge in [0.1, 0.15) is 5.76 Å². The summed E-state index contributed by atoms with van der Waals surface area (Å²) < 4.78 is 22.6. The lowest BCUT2D eigenvalue weighted by molar-refractivity contribution is 0.406. The molecule has 8 heteroatoms. The van der Waals surface area contributed by atoms with Crippen LogP contribution in [0.2, 0.25) is 0 Å². The Labute approximate surface area is 176 Å². The Kier molecular flexibility index (Phi) is 4.69. The van der Waals surface area contributed by atoms with Gasteiger partial charge in [0, 0.05) is 41.5 Å². The summed E-state index contributed by atoms with van der Waals surface area (Å²) in [6.07, 6.45) is 6.76. The summed E-state index contributed by atoms with van der Waals surface area (Å²) in [6, 6.07) is 7.96. The average Bonchev–Trinajstić information content (AvgIpc) is 3.47. The third-order valence-corrected chi connectivity index (χ3v) is 7.99. The van der Waals surface area contributed by atoms with E-state index in [1.807, 2.05) is 24.4 Å². The van der Waals surface area contributed by atoms with Gasteiger partial charge in [-0.15, -0.1) is 0 Å². The molecule has 0 bridgehead atoms. The summed E-state index contributed by atoms with van der Waals surface area (Å²) in [5, 5.41) is 11.0. The SMILES string of the molecule is CC(C)c1cnc(C2CCC(c3cc(Nc4ccc5c(c4)CN=S5(C)=O)n[nH]3)C2)o1. The highest BCUT2D eigenvalue weighted by atomic mass is 32.2. The van der Waals surface area contributed by atoms with Crippen LogP contribution in [0.5, 0.6) is 0 Å². The molecular weight excluding hydrogens is 398 g/mol. The molecule has 2 N–H and O–H groups in total. The zero-order valence-electron chi connectivity index (χ0n) is 17.5. The molecule has 7 nitrogen and oxygen atoms in total. The van der Waals surface area contributed by atoms with Crippen LogP contribution in [0.3, 0.4) is 0 Å². The van der Waals surface area contributed by atoms with Crippen molar-refractivity contribution in [3.8, 4) is 0 Å². The summed E-state index contributed by atoms with van der Waals surface area (Å²) in [4.78, 5) is 5.36. The molecule has 2 aromatic heterocycles. The predicted octanol–water partition coefficient (Wildman–Crippen LogP) is 5.29. The number of anilines is 2. The highest BCUT2D eigenvalue weighted by Crippen LogP contribution is 2.43. The molecule has 3 atom stereocenters. The first-order valence-electron chi connectivity index (χ1n) is 10.5. The van der Waals surface area contributed by atoms with Crippen molar-refractivity contribution in [1.82, 2.24) is 15.2 Å². The van der Waals surface area contributed by atoms with E-state index < -0.39 is 9.73 Å². The van der Waals surface area contributed by atoms with E-state index in [2.05, 4.69) is 44.8 Å². The van der Waals surface area contributed by atoms with E-state index in [4.69, 9.17) is 4.42 Å². The van der Waals surface area contributed by atoms with Gasteiger partial charge in [-0.25, -0.2) is 13.6 Å². The predicted molar refractivity (Wildman–Crippen MR) is 117 cm³/mol. The molecule has 1 aliphatic carbocycles. The Bertz CT molecular complexity index is 1200. The number of hydrogen-bond acceptors (Lipinski definition) is 6. The van der Waals surface area contributed by atoms with Gasteiger partial charge in [0.2, 0.25) is 0 Å². The lowest BCUT2D eigenvalue weighted by atomic mass is 10.0. The Balaban J connectivity index is 1.26. The molecule has 3 heterocycles. The lowest BCUT2D eigenvalue weighted by Crippen LogP contribution is -1.96. The van der Waals surface area contributed by atoms with Crippen LogP contribution in [-0.4, -0.2) is 25.6 Å². The van der Waals surface area contributed by atoms with E-state index in [1.165, 1.54) is 0 Å². The number of benzene rings is 1. The molecule has 1 fully saturated rings. The number of nitrogens with one attached hydrogen (secondary N) is 2. The second kappa shape index (κ2) is 7.27. The number of H-pyrrole nitrogens is 1. The molecule has 1 aromatic carbocycles. The van der Waals surface area contributed by atoms with Crippen molar-refractivity contribution in [1.29, 1.82) is 0 Å².